The molecule has 1 unspecified atom stereocenters. The van der Waals surface area contributed by atoms with Crippen molar-refractivity contribution in [2.75, 3.05) is 10.6 Å². The number of hydrogen-bond acceptors (Lipinski definition) is 3. The minimum Gasteiger partial charge on any atom is -0.368 e. The van der Waals surface area contributed by atoms with E-state index in [2.05, 4.69) is 38.3 Å². The van der Waals surface area contributed by atoms with Crippen LogP contribution in [0.25, 0.3) is 0 Å². The summed E-state index contributed by atoms with van der Waals surface area (Å²) in [5, 5.41) is 10.2. The number of hydrogen-bond donors (Lipinski definition) is 2. The number of carbonyl (C=O) groups excluding carboxylic acids is 1. The number of rotatable bonds is 1. The van der Waals surface area contributed by atoms with Gasteiger partial charge in [-0.25, -0.2) is 0 Å². The monoisotopic (exact) mass is 354 g/mol. The summed E-state index contributed by atoms with van der Waals surface area (Å²) >= 11 is 2.22. The lowest BCUT2D eigenvalue weighted by Crippen LogP contribution is -2.31. The Balaban J connectivity index is 1.97. The Kier molecular flexibility index (Phi) is 2.73. The fourth-order valence-corrected chi connectivity index (χ4v) is 2.49. The molecular formula is C12H11IN4O. The van der Waals surface area contributed by atoms with Crippen LogP contribution in [0.5, 0.6) is 0 Å². The summed E-state index contributed by atoms with van der Waals surface area (Å²) < 4.78 is 2.78. The summed E-state index contributed by atoms with van der Waals surface area (Å²) in [6.07, 6.45) is 3.55. The number of aryl methyl sites for hydroxylation is 1. The first-order valence-corrected chi connectivity index (χ1v) is 6.57. The van der Waals surface area contributed by atoms with Crippen LogP contribution in [-0.4, -0.2) is 15.7 Å². The third-order valence-electron chi connectivity index (χ3n) is 2.86. The highest BCUT2D eigenvalue weighted by atomic mass is 127. The van der Waals surface area contributed by atoms with Crippen LogP contribution < -0.4 is 10.6 Å². The van der Waals surface area contributed by atoms with Crippen molar-refractivity contribution in [3.63, 3.8) is 0 Å². The van der Waals surface area contributed by atoms with Crippen LogP contribution in [0.4, 0.5) is 11.4 Å². The van der Waals surface area contributed by atoms with E-state index in [0.717, 1.165) is 20.5 Å². The average molecular weight is 354 g/mol. The fraction of sp³-hybridized carbons (Fsp3) is 0.167. The molecule has 0 radical (unpaired) electrons. The number of fused-ring (bicyclic) bond motifs is 1. The smallest absolute Gasteiger partial charge is 0.251 e. The molecule has 1 aromatic heterocycles. The normalized spacial score (nSPS) is 17.9. The van der Waals surface area contributed by atoms with Crippen molar-refractivity contribution in [1.29, 1.82) is 0 Å². The number of halogens is 1. The Morgan fingerprint density at radius 1 is 1.39 bits per heavy atom. The van der Waals surface area contributed by atoms with E-state index < -0.39 is 0 Å². The van der Waals surface area contributed by atoms with E-state index in [4.69, 9.17) is 0 Å². The van der Waals surface area contributed by atoms with Gasteiger partial charge in [0.05, 0.1) is 17.6 Å². The maximum atomic E-state index is 12.1. The van der Waals surface area contributed by atoms with E-state index in [1.165, 1.54) is 0 Å². The first-order valence-electron chi connectivity index (χ1n) is 5.49. The van der Waals surface area contributed by atoms with Gasteiger partial charge in [-0.1, -0.05) is 0 Å². The van der Waals surface area contributed by atoms with E-state index in [9.17, 15) is 4.79 Å². The third-order valence-corrected chi connectivity index (χ3v) is 3.53. The Morgan fingerprint density at radius 2 is 2.22 bits per heavy atom. The largest absolute Gasteiger partial charge is 0.368 e. The minimum atomic E-state index is -0.383. The number of aromatic nitrogens is 2. The second-order valence-corrected chi connectivity index (χ2v) is 5.45. The summed E-state index contributed by atoms with van der Waals surface area (Å²) in [7, 11) is 1.83. The zero-order valence-corrected chi connectivity index (χ0v) is 11.8. The zero-order chi connectivity index (χ0) is 12.7. The van der Waals surface area contributed by atoms with E-state index in [0.29, 0.717) is 0 Å². The second-order valence-electron chi connectivity index (χ2n) is 4.20. The fourth-order valence-electron chi connectivity index (χ4n) is 2.00. The number of amides is 1. The van der Waals surface area contributed by atoms with E-state index >= 15 is 0 Å². The zero-order valence-electron chi connectivity index (χ0n) is 9.64. The molecule has 1 aromatic carbocycles. The van der Waals surface area contributed by atoms with Crippen LogP contribution >= 0.6 is 22.6 Å². The Morgan fingerprint density at radius 3 is 2.94 bits per heavy atom. The van der Waals surface area contributed by atoms with Gasteiger partial charge in [0.15, 0.2) is 0 Å². The predicted molar refractivity (Wildman–Crippen MR) is 77.4 cm³/mol. The first-order chi connectivity index (χ1) is 8.63. The molecule has 0 saturated carbocycles. The second kappa shape index (κ2) is 4.27. The molecule has 2 aromatic rings. The molecule has 5 nitrogen and oxygen atoms in total. The molecule has 6 heteroatoms. The lowest BCUT2D eigenvalue weighted by atomic mass is 10.1. The SMILES string of the molecule is Cn1cc(C2Nc3ccc(I)cc3NC2=O)cn1. The van der Waals surface area contributed by atoms with Crippen molar-refractivity contribution in [1.82, 2.24) is 9.78 Å². The number of benzene rings is 1. The highest BCUT2D eigenvalue weighted by Gasteiger charge is 2.27. The van der Waals surface area contributed by atoms with Gasteiger partial charge >= 0.3 is 0 Å². The number of carbonyl (C=O) groups is 1. The van der Waals surface area contributed by atoms with Crippen molar-refractivity contribution >= 4 is 39.9 Å². The van der Waals surface area contributed by atoms with Crippen LogP contribution in [0.2, 0.25) is 0 Å². The molecule has 0 saturated heterocycles. The van der Waals surface area contributed by atoms with Gasteiger partial charge in [0.1, 0.15) is 6.04 Å². The average Bonchev–Trinajstić information content (AvgIpc) is 2.74. The molecule has 2 N–H and O–H groups in total. The molecule has 2 heterocycles. The summed E-state index contributed by atoms with van der Waals surface area (Å²) in [6, 6.07) is 5.54. The Labute approximate surface area is 118 Å². The number of anilines is 2. The minimum absolute atomic E-state index is 0.0579. The van der Waals surface area contributed by atoms with Gasteiger partial charge in [0, 0.05) is 22.4 Å². The molecule has 0 aliphatic carbocycles. The van der Waals surface area contributed by atoms with Crippen molar-refractivity contribution in [3.8, 4) is 0 Å². The molecule has 0 bridgehead atoms. The molecule has 92 valence electrons. The number of nitrogens with one attached hydrogen (secondary N) is 2. The standard InChI is InChI=1S/C12H11IN4O/c1-17-6-7(5-14-17)11-12(18)16-10-4-8(13)2-3-9(10)15-11/h2-6,11,15H,1H3,(H,16,18). The maximum Gasteiger partial charge on any atom is 0.251 e. The van der Waals surface area contributed by atoms with E-state index in [-0.39, 0.29) is 11.9 Å². The van der Waals surface area contributed by atoms with Gasteiger partial charge in [0.25, 0.3) is 5.91 Å². The molecule has 1 atom stereocenters. The predicted octanol–water partition coefficient (Wildman–Crippen LogP) is 2.13. The van der Waals surface area contributed by atoms with Gasteiger partial charge in [-0.3, -0.25) is 9.48 Å². The van der Waals surface area contributed by atoms with Crippen molar-refractivity contribution in [3.05, 3.63) is 39.7 Å². The molecule has 0 fully saturated rings. The molecule has 1 amide bonds. The van der Waals surface area contributed by atoms with Crippen molar-refractivity contribution < 1.29 is 4.79 Å². The van der Waals surface area contributed by atoms with Crippen LogP contribution in [0.1, 0.15) is 11.6 Å². The van der Waals surface area contributed by atoms with Gasteiger partial charge in [-0.05, 0) is 40.8 Å². The van der Waals surface area contributed by atoms with Gasteiger partial charge in [0.2, 0.25) is 0 Å². The highest BCUT2D eigenvalue weighted by molar-refractivity contribution is 14.1. The summed E-state index contributed by atoms with van der Waals surface area (Å²) in [4.78, 5) is 12.1. The lowest BCUT2D eigenvalue weighted by molar-refractivity contribution is -0.117. The van der Waals surface area contributed by atoms with Crippen LogP contribution in [-0.2, 0) is 11.8 Å². The topological polar surface area (TPSA) is 59.0 Å². The van der Waals surface area contributed by atoms with Gasteiger partial charge in [-0.2, -0.15) is 5.10 Å². The van der Waals surface area contributed by atoms with Gasteiger partial charge < -0.3 is 10.6 Å². The van der Waals surface area contributed by atoms with Crippen LogP contribution in [0.15, 0.2) is 30.6 Å². The van der Waals surface area contributed by atoms with Crippen LogP contribution in [0.3, 0.4) is 0 Å². The quantitative estimate of drug-likeness (QED) is 0.772. The summed E-state index contributed by atoms with van der Waals surface area (Å²) in [5.41, 5.74) is 2.62. The van der Waals surface area contributed by atoms with Crippen molar-refractivity contribution in [2.24, 2.45) is 7.05 Å². The van der Waals surface area contributed by atoms with Gasteiger partial charge in [-0.15, -0.1) is 0 Å². The molecule has 1 aliphatic heterocycles. The van der Waals surface area contributed by atoms with E-state index in [1.54, 1.807) is 10.9 Å². The van der Waals surface area contributed by atoms with Crippen molar-refractivity contribution in [2.45, 2.75) is 6.04 Å². The molecular weight excluding hydrogens is 343 g/mol. The molecule has 3 rings (SSSR count). The Bertz CT molecular complexity index is 622. The molecule has 1 aliphatic rings. The van der Waals surface area contributed by atoms with Crippen LogP contribution in [0, 0.1) is 3.57 Å². The van der Waals surface area contributed by atoms with E-state index in [1.807, 2.05) is 31.4 Å². The summed E-state index contributed by atoms with van der Waals surface area (Å²) in [5.74, 6) is -0.0579. The lowest BCUT2D eigenvalue weighted by Gasteiger charge is -2.26. The maximum absolute atomic E-state index is 12.1. The first kappa shape index (κ1) is 11.5. The molecule has 18 heavy (non-hydrogen) atoms. The highest BCUT2D eigenvalue weighted by Crippen LogP contribution is 2.33. The number of nitrogens with zero attached hydrogens (tertiary/aromatic N) is 2. The third kappa shape index (κ3) is 1.96. The molecule has 0 spiro atoms. The Hall–Kier alpha value is -1.57. The summed E-state index contributed by atoms with van der Waals surface area (Å²) in [6.45, 7) is 0.